The number of nitrogens with two attached hydrogens (primary N) is 1. The van der Waals surface area contributed by atoms with Crippen LogP contribution in [0.15, 0.2) is 30.3 Å². The maximum Gasteiger partial charge on any atom is 0.337 e. The number of carboxylic acid groups (broad SMARTS) is 1. The molecule has 0 aliphatic carbocycles. The summed E-state index contributed by atoms with van der Waals surface area (Å²) < 4.78 is 5.11. The van der Waals surface area contributed by atoms with Gasteiger partial charge in [0.25, 0.3) is 0 Å². The number of carbonyl (C=O) groups is 1. The van der Waals surface area contributed by atoms with Crippen LogP contribution in [-0.2, 0) is 9.53 Å². The summed E-state index contributed by atoms with van der Waals surface area (Å²) >= 11 is 0. The third-order valence-electron chi connectivity index (χ3n) is 1.73. The monoisotopic (exact) mass is 195 g/mol. The predicted molar refractivity (Wildman–Crippen MR) is 51.8 cm³/mol. The zero-order chi connectivity index (χ0) is 10.4. The molecule has 4 nitrogen and oxygen atoms in total. The Kier molecular flexibility index (Phi) is 4.10. The maximum atomic E-state index is 10.8. The highest BCUT2D eigenvalue weighted by atomic mass is 16.5. The molecule has 0 bridgehead atoms. The third-order valence-corrected chi connectivity index (χ3v) is 1.73. The van der Waals surface area contributed by atoms with Gasteiger partial charge in [-0.3, -0.25) is 0 Å². The van der Waals surface area contributed by atoms with Crippen molar-refractivity contribution in [3.8, 4) is 0 Å². The van der Waals surface area contributed by atoms with Crippen molar-refractivity contribution in [1.82, 2.24) is 0 Å². The minimum Gasteiger partial charge on any atom is -0.479 e. The van der Waals surface area contributed by atoms with Crippen molar-refractivity contribution in [2.75, 3.05) is 13.2 Å². The predicted octanol–water partition coefficient (Wildman–Crippen LogP) is 0.788. The van der Waals surface area contributed by atoms with Gasteiger partial charge >= 0.3 is 5.97 Å². The first-order chi connectivity index (χ1) is 6.75. The first-order valence-electron chi connectivity index (χ1n) is 4.35. The van der Waals surface area contributed by atoms with E-state index in [-0.39, 0.29) is 6.61 Å². The maximum absolute atomic E-state index is 10.8. The fraction of sp³-hybridized carbons (Fsp3) is 0.300. The van der Waals surface area contributed by atoms with E-state index in [1.54, 1.807) is 24.3 Å². The average molecular weight is 195 g/mol. The lowest BCUT2D eigenvalue weighted by Crippen LogP contribution is -2.19. The van der Waals surface area contributed by atoms with Gasteiger partial charge in [0, 0.05) is 6.54 Å². The molecule has 0 aliphatic heterocycles. The molecule has 1 aromatic carbocycles. The summed E-state index contributed by atoms with van der Waals surface area (Å²) in [5.41, 5.74) is 5.87. The minimum atomic E-state index is -0.996. The molecule has 1 atom stereocenters. The molecule has 3 N–H and O–H groups in total. The van der Waals surface area contributed by atoms with Gasteiger partial charge in [-0.1, -0.05) is 30.3 Å². The van der Waals surface area contributed by atoms with Crippen molar-refractivity contribution in [3.63, 3.8) is 0 Å². The molecule has 0 unspecified atom stereocenters. The quantitative estimate of drug-likeness (QED) is 0.728. The largest absolute Gasteiger partial charge is 0.479 e. The van der Waals surface area contributed by atoms with Crippen LogP contribution >= 0.6 is 0 Å². The van der Waals surface area contributed by atoms with E-state index in [4.69, 9.17) is 15.6 Å². The normalized spacial score (nSPS) is 12.4. The van der Waals surface area contributed by atoms with E-state index in [0.29, 0.717) is 12.1 Å². The summed E-state index contributed by atoms with van der Waals surface area (Å²) in [6.45, 7) is 0.558. The summed E-state index contributed by atoms with van der Waals surface area (Å²) in [6.07, 6.45) is -0.917. The molecule has 0 aromatic heterocycles. The Hall–Kier alpha value is -1.39. The topological polar surface area (TPSA) is 72.5 Å². The number of aliphatic carboxylic acids is 1. The Labute approximate surface area is 82.3 Å². The SMILES string of the molecule is NCCO[C@H](C(=O)O)c1ccccc1. The molecule has 0 spiro atoms. The second-order valence-corrected chi connectivity index (χ2v) is 2.79. The van der Waals surface area contributed by atoms with E-state index in [9.17, 15) is 4.79 Å². The van der Waals surface area contributed by atoms with E-state index < -0.39 is 12.1 Å². The lowest BCUT2D eigenvalue weighted by atomic mass is 10.1. The number of carboxylic acids is 1. The zero-order valence-corrected chi connectivity index (χ0v) is 7.72. The number of rotatable bonds is 5. The standard InChI is InChI=1S/C10H13NO3/c11-6-7-14-9(10(12)13)8-4-2-1-3-5-8/h1-5,9H,6-7,11H2,(H,12,13)/t9-/m0/s1. The minimum absolute atomic E-state index is 0.242. The molecule has 0 amide bonds. The van der Waals surface area contributed by atoms with E-state index in [2.05, 4.69) is 0 Å². The van der Waals surface area contributed by atoms with Gasteiger partial charge in [0.1, 0.15) is 0 Å². The molecule has 4 heteroatoms. The van der Waals surface area contributed by atoms with Gasteiger partial charge in [0.05, 0.1) is 6.61 Å². The van der Waals surface area contributed by atoms with Gasteiger partial charge in [-0.15, -0.1) is 0 Å². The highest BCUT2D eigenvalue weighted by Gasteiger charge is 2.19. The summed E-state index contributed by atoms with van der Waals surface area (Å²) in [6, 6.07) is 8.81. The van der Waals surface area contributed by atoms with Crippen LogP contribution in [0.25, 0.3) is 0 Å². The molecule has 0 saturated carbocycles. The van der Waals surface area contributed by atoms with Crippen molar-refractivity contribution in [2.45, 2.75) is 6.10 Å². The molecule has 1 rings (SSSR count). The molecule has 0 aliphatic rings. The van der Waals surface area contributed by atoms with E-state index in [1.807, 2.05) is 6.07 Å². The number of hydrogen-bond donors (Lipinski definition) is 2. The zero-order valence-electron chi connectivity index (χ0n) is 7.72. The first-order valence-corrected chi connectivity index (χ1v) is 4.35. The van der Waals surface area contributed by atoms with Gasteiger partial charge in [-0.2, -0.15) is 0 Å². The molecule has 14 heavy (non-hydrogen) atoms. The van der Waals surface area contributed by atoms with Crippen molar-refractivity contribution in [2.24, 2.45) is 5.73 Å². The number of hydrogen-bond acceptors (Lipinski definition) is 3. The van der Waals surface area contributed by atoms with E-state index in [1.165, 1.54) is 0 Å². The molecule has 0 heterocycles. The molecule has 0 fully saturated rings. The second kappa shape index (κ2) is 5.36. The Morgan fingerprint density at radius 3 is 2.57 bits per heavy atom. The van der Waals surface area contributed by atoms with Crippen LogP contribution < -0.4 is 5.73 Å². The summed E-state index contributed by atoms with van der Waals surface area (Å²) in [7, 11) is 0. The van der Waals surface area contributed by atoms with Crippen LogP contribution in [0.1, 0.15) is 11.7 Å². The van der Waals surface area contributed by atoms with Crippen LogP contribution in [0.2, 0.25) is 0 Å². The van der Waals surface area contributed by atoms with Crippen molar-refractivity contribution < 1.29 is 14.6 Å². The summed E-state index contributed by atoms with van der Waals surface area (Å²) in [5.74, 6) is -0.996. The van der Waals surface area contributed by atoms with Crippen LogP contribution in [0, 0.1) is 0 Å². The fourth-order valence-electron chi connectivity index (χ4n) is 1.12. The number of ether oxygens (including phenoxy) is 1. The highest BCUT2D eigenvalue weighted by molar-refractivity contribution is 5.74. The van der Waals surface area contributed by atoms with Crippen molar-refractivity contribution in [1.29, 1.82) is 0 Å². The Morgan fingerprint density at radius 1 is 1.43 bits per heavy atom. The van der Waals surface area contributed by atoms with Crippen molar-refractivity contribution >= 4 is 5.97 Å². The van der Waals surface area contributed by atoms with Crippen molar-refractivity contribution in [3.05, 3.63) is 35.9 Å². The lowest BCUT2D eigenvalue weighted by Gasteiger charge is -2.12. The van der Waals surface area contributed by atoms with Gasteiger partial charge in [-0.05, 0) is 5.56 Å². The lowest BCUT2D eigenvalue weighted by molar-refractivity contribution is -0.150. The molecule has 1 aromatic rings. The van der Waals surface area contributed by atoms with E-state index >= 15 is 0 Å². The molecule has 0 saturated heterocycles. The highest BCUT2D eigenvalue weighted by Crippen LogP contribution is 2.16. The second-order valence-electron chi connectivity index (χ2n) is 2.79. The van der Waals surface area contributed by atoms with Gasteiger partial charge in [0.2, 0.25) is 0 Å². The van der Waals surface area contributed by atoms with E-state index in [0.717, 1.165) is 0 Å². The summed E-state index contributed by atoms with van der Waals surface area (Å²) in [5, 5.41) is 8.89. The van der Waals surface area contributed by atoms with Gasteiger partial charge < -0.3 is 15.6 Å². The molecule has 76 valence electrons. The molecular formula is C10H13NO3. The van der Waals surface area contributed by atoms with Crippen LogP contribution in [0.3, 0.4) is 0 Å². The Morgan fingerprint density at radius 2 is 2.07 bits per heavy atom. The average Bonchev–Trinajstić information content (AvgIpc) is 2.19. The number of benzene rings is 1. The van der Waals surface area contributed by atoms with Crippen LogP contribution in [0.5, 0.6) is 0 Å². The smallest absolute Gasteiger partial charge is 0.337 e. The molecule has 0 radical (unpaired) electrons. The van der Waals surface area contributed by atoms with Gasteiger partial charge in [-0.25, -0.2) is 4.79 Å². The molecular weight excluding hydrogens is 182 g/mol. The van der Waals surface area contributed by atoms with Crippen LogP contribution in [0.4, 0.5) is 0 Å². The van der Waals surface area contributed by atoms with Gasteiger partial charge in [0.15, 0.2) is 6.10 Å². The fourth-order valence-corrected chi connectivity index (χ4v) is 1.12. The van der Waals surface area contributed by atoms with Crippen LogP contribution in [-0.4, -0.2) is 24.2 Å². The third kappa shape index (κ3) is 2.83. The Bertz CT molecular complexity index is 287. The Balaban J connectivity index is 2.73. The summed E-state index contributed by atoms with van der Waals surface area (Å²) in [4.78, 5) is 10.8. The first kappa shape index (κ1) is 10.7.